The zero-order valence-corrected chi connectivity index (χ0v) is 23.0. The van der Waals surface area contributed by atoms with E-state index in [4.69, 9.17) is 5.73 Å². The summed E-state index contributed by atoms with van der Waals surface area (Å²) in [4.78, 5) is 28.2. The highest BCUT2D eigenvalue weighted by molar-refractivity contribution is 6.10. The van der Waals surface area contributed by atoms with E-state index in [-0.39, 0.29) is 48.6 Å². The predicted molar refractivity (Wildman–Crippen MR) is 151 cm³/mol. The summed E-state index contributed by atoms with van der Waals surface area (Å²) >= 11 is 0. The first-order valence-corrected chi connectivity index (χ1v) is 12.8. The first-order chi connectivity index (χ1) is 18.5. The van der Waals surface area contributed by atoms with E-state index < -0.39 is 34.7 Å². The molecule has 1 aliphatic rings. The number of anilines is 1. The van der Waals surface area contributed by atoms with E-state index in [1.54, 1.807) is 24.3 Å². The standard InChI is InChI=1S/C30H30F3N3O3.ClH/c1-3-35(4-2)15-16-36-25-18-20(9-5-8-12-26(34)37)17-24(30(31,32)33)27(25)29(39,28(36)38)23-14-13-21-10-6-7-11-22(21)19-23;/h6-7,10-11,13-14,17-19,39H,3-4,8,12,15-16H2,1-2H3,(H2,34,37);1H. The second-order valence-corrected chi connectivity index (χ2v) is 9.44. The molecule has 1 aliphatic heterocycles. The van der Waals surface area contributed by atoms with Crippen LogP contribution in [0.5, 0.6) is 0 Å². The Hall–Kier alpha value is -3.58. The van der Waals surface area contributed by atoms with Gasteiger partial charge < -0.3 is 20.6 Å². The minimum atomic E-state index is -4.88. The molecular formula is C30H31ClF3N3O3. The monoisotopic (exact) mass is 573 g/mol. The number of likely N-dealkylation sites (N-methyl/N-ethyl adjacent to an activating group) is 1. The molecule has 0 bridgehead atoms. The molecule has 3 aromatic rings. The summed E-state index contributed by atoms with van der Waals surface area (Å²) in [6, 6.07) is 14.2. The molecule has 3 aromatic carbocycles. The van der Waals surface area contributed by atoms with Gasteiger partial charge in [-0.05, 0) is 47.6 Å². The number of fused-ring (bicyclic) bond motifs is 2. The Morgan fingerprint density at radius 2 is 1.75 bits per heavy atom. The number of carbonyl (C=O) groups is 2. The largest absolute Gasteiger partial charge is 0.416 e. The predicted octanol–water partition coefficient (Wildman–Crippen LogP) is 4.82. The van der Waals surface area contributed by atoms with E-state index in [0.29, 0.717) is 25.0 Å². The van der Waals surface area contributed by atoms with Gasteiger partial charge in [0.1, 0.15) is 0 Å². The fraction of sp³-hybridized carbons (Fsp3) is 0.333. The fourth-order valence-corrected chi connectivity index (χ4v) is 4.96. The summed E-state index contributed by atoms with van der Waals surface area (Å²) < 4.78 is 43.6. The molecule has 0 saturated heterocycles. The molecule has 0 aromatic heterocycles. The lowest BCUT2D eigenvalue weighted by molar-refractivity contribution is -0.142. The van der Waals surface area contributed by atoms with E-state index in [1.165, 1.54) is 17.0 Å². The van der Waals surface area contributed by atoms with Crippen molar-refractivity contribution in [1.29, 1.82) is 0 Å². The van der Waals surface area contributed by atoms with Crippen LogP contribution in [0.25, 0.3) is 10.8 Å². The normalized spacial score (nSPS) is 16.5. The molecule has 1 atom stereocenters. The van der Waals surface area contributed by atoms with Crippen LogP contribution in [-0.2, 0) is 21.4 Å². The van der Waals surface area contributed by atoms with Crippen LogP contribution in [0.15, 0.2) is 54.6 Å². The van der Waals surface area contributed by atoms with Crippen molar-refractivity contribution in [2.75, 3.05) is 31.1 Å². The van der Waals surface area contributed by atoms with Gasteiger partial charge in [-0.25, -0.2) is 0 Å². The van der Waals surface area contributed by atoms with Crippen molar-refractivity contribution >= 4 is 40.7 Å². The number of halogens is 4. The van der Waals surface area contributed by atoms with Crippen molar-refractivity contribution in [1.82, 2.24) is 4.90 Å². The van der Waals surface area contributed by atoms with Gasteiger partial charge in [0.25, 0.3) is 5.91 Å². The molecule has 0 spiro atoms. The zero-order chi connectivity index (χ0) is 28.4. The van der Waals surface area contributed by atoms with Crippen molar-refractivity contribution < 1.29 is 27.9 Å². The number of benzene rings is 3. The third-order valence-corrected chi connectivity index (χ3v) is 7.06. The number of aliphatic hydroxyl groups is 1. The van der Waals surface area contributed by atoms with Crippen LogP contribution in [0.2, 0.25) is 0 Å². The molecule has 40 heavy (non-hydrogen) atoms. The molecule has 10 heteroatoms. The minimum Gasteiger partial charge on any atom is -0.372 e. The Balaban J connectivity index is 0.00000441. The quantitative estimate of drug-likeness (QED) is 0.378. The van der Waals surface area contributed by atoms with Crippen LogP contribution in [0.1, 0.15) is 48.9 Å². The first kappa shape index (κ1) is 31.0. The summed E-state index contributed by atoms with van der Waals surface area (Å²) in [6.07, 6.45) is -4.82. The van der Waals surface area contributed by atoms with Crippen LogP contribution in [0, 0.1) is 11.8 Å². The number of rotatable bonds is 8. The maximum absolute atomic E-state index is 14.5. The van der Waals surface area contributed by atoms with Crippen molar-refractivity contribution in [3.05, 3.63) is 76.9 Å². The molecule has 2 amide bonds. The van der Waals surface area contributed by atoms with Gasteiger partial charge in [0, 0.05) is 37.1 Å². The van der Waals surface area contributed by atoms with Crippen molar-refractivity contribution in [2.45, 2.75) is 38.5 Å². The number of carbonyl (C=O) groups excluding carboxylic acids is 2. The lowest BCUT2D eigenvalue weighted by Crippen LogP contribution is -2.44. The number of nitrogens with two attached hydrogens (primary N) is 1. The number of hydrogen-bond donors (Lipinski definition) is 2. The molecule has 1 heterocycles. The highest BCUT2D eigenvalue weighted by Gasteiger charge is 2.55. The van der Waals surface area contributed by atoms with Gasteiger partial charge in [-0.2, -0.15) is 13.2 Å². The molecule has 0 aliphatic carbocycles. The second kappa shape index (κ2) is 12.3. The second-order valence-electron chi connectivity index (χ2n) is 9.44. The summed E-state index contributed by atoms with van der Waals surface area (Å²) in [6.45, 7) is 5.78. The van der Waals surface area contributed by atoms with E-state index in [9.17, 15) is 27.9 Å². The lowest BCUT2D eigenvalue weighted by atomic mass is 9.83. The molecule has 1 unspecified atom stereocenters. The summed E-state index contributed by atoms with van der Waals surface area (Å²) in [7, 11) is 0. The Kier molecular flexibility index (Phi) is 9.52. The van der Waals surface area contributed by atoms with Gasteiger partial charge in [0.2, 0.25) is 5.91 Å². The Morgan fingerprint density at radius 1 is 1.07 bits per heavy atom. The smallest absolute Gasteiger partial charge is 0.372 e. The Morgan fingerprint density at radius 3 is 2.38 bits per heavy atom. The Labute approximate surface area is 237 Å². The van der Waals surface area contributed by atoms with Gasteiger partial charge in [-0.15, -0.1) is 12.4 Å². The summed E-state index contributed by atoms with van der Waals surface area (Å²) in [5.41, 5.74) is 0.996. The van der Waals surface area contributed by atoms with E-state index in [0.717, 1.165) is 11.5 Å². The molecule has 0 fully saturated rings. The van der Waals surface area contributed by atoms with Crippen molar-refractivity contribution in [3.8, 4) is 11.8 Å². The average molecular weight is 574 g/mol. The maximum Gasteiger partial charge on any atom is 0.416 e. The molecule has 6 nitrogen and oxygen atoms in total. The molecular weight excluding hydrogens is 543 g/mol. The van der Waals surface area contributed by atoms with Crippen LogP contribution in [0.3, 0.4) is 0 Å². The van der Waals surface area contributed by atoms with E-state index in [2.05, 4.69) is 11.8 Å². The van der Waals surface area contributed by atoms with Crippen molar-refractivity contribution in [3.63, 3.8) is 0 Å². The third-order valence-electron chi connectivity index (χ3n) is 7.06. The van der Waals surface area contributed by atoms with Gasteiger partial charge in [-0.1, -0.05) is 62.1 Å². The first-order valence-electron chi connectivity index (χ1n) is 12.8. The van der Waals surface area contributed by atoms with Crippen LogP contribution in [0.4, 0.5) is 18.9 Å². The molecule has 0 radical (unpaired) electrons. The number of nitrogens with zero attached hydrogens (tertiary/aromatic N) is 2. The molecule has 3 N–H and O–H groups in total. The van der Waals surface area contributed by atoms with Gasteiger partial charge in [0.05, 0.1) is 11.3 Å². The number of amides is 2. The average Bonchev–Trinajstić information content (AvgIpc) is 3.12. The highest BCUT2D eigenvalue weighted by Crippen LogP contribution is 2.50. The molecule has 0 saturated carbocycles. The fourth-order valence-electron chi connectivity index (χ4n) is 4.96. The van der Waals surface area contributed by atoms with Crippen LogP contribution >= 0.6 is 12.4 Å². The van der Waals surface area contributed by atoms with E-state index >= 15 is 0 Å². The summed E-state index contributed by atoms with van der Waals surface area (Å²) in [5.74, 6) is 3.94. The van der Waals surface area contributed by atoms with Crippen LogP contribution < -0.4 is 10.6 Å². The Bertz CT molecular complexity index is 1480. The third kappa shape index (κ3) is 5.94. The molecule has 4 rings (SSSR count). The summed E-state index contributed by atoms with van der Waals surface area (Å²) in [5, 5.41) is 13.5. The van der Waals surface area contributed by atoms with Crippen molar-refractivity contribution in [2.24, 2.45) is 5.73 Å². The SMILES string of the molecule is CCN(CC)CCN1C(=O)C(O)(c2ccc3ccccc3c2)c2c1cc(C#CCCC(N)=O)cc2C(F)(F)F.Cl. The van der Waals surface area contributed by atoms with Gasteiger partial charge in [-0.3, -0.25) is 9.59 Å². The topological polar surface area (TPSA) is 86.9 Å². The lowest BCUT2D eigenvalue weighted by Gasteiger charge is -2.26. The van der Waals surface area contributed by atoms with Gasteiger partial charge in [0.15, 0.2) is 5.60 Å². The van der Waals surface area contributed by atoms with Crippen LogP contribution in [-0.4, -0.2) is 48.0 Å². The number of primary amides is 1. The number of hydrogen-bond acceptors (Lipinski definition) is 4. The minimum absolute atomic E-state index is 0. The zero-order valence-electron chi connectivity index (χ0n) is 22.2. The van der Waals surface area contributed by atoms with E-state index in [1.807, 2.05) is 30.9 Å². The maximum atomic E-state index is 14.5. The molecule has 212 valence electrons. The number of alkyl halides is 3. The highest BCUT2D eigenvalue weighted by atomic mass is 35.5. The van der Waals surface area contributed by atoms with Gasteiger partial charge >= 0.3 is 6.18 Å².